The third kappa shape index (κ3) is 3.50. The number of hydrogen-bond donors (Lipinski definition) is 1. The van der Waals surface area contributed by atoms with Crippen molar-refractivity contribution in [3.8, 4) is 11.5 Å². The van der Waals surface area contributed by atoms with E-state index in [1.807, 2.05) is 6.07 Å². The number of benzene rings is 1. The maximum absolute atomic E-state index is 6.09. The molecule has 21 heavy (non-hydrogen) atoms. The number of rotatable bonds is 5. The molecule has 1 heterocycles. The van der Waals surface area contributed by atoms with Crippen molar-refractivity contribution in [2.45, 2.75) is 38.8 Å². The third-order valence-corrected chi connectivity index (χ3v) is 4.58. The van der Waals surface area contributed by atoms with Crippen LogP contribution in [0.25, 0.3) is 0 Å². The average molecular weight is 292 g/mol. The molecule has 118 valence electrons. The molecule has 2 rings (SSSR count). The van der Waals surface area contributed by atoms with Crippen molar-refractivity contribution in [3.05, 3.63) is 23.8 Å². The zero-order chi connectivity index (χ0) is 15.4. The van der Waals surface area contributed by atoms with Gasteiger partial charge in [-0.3, -0.25) is 4.90 Å². The number of ether oxygens (including phenoxy) is 2. The van der Waals surface area contributed by atoms with E-state index in [1.165, 1.54) is 18.4 Å². The van der Waals surface area contributed by atoms with Crippen LogP contribution in [-0.4, -0.2) is 38.3 Å². The predicted octanol–water partition coefficient (Wildman–Crippen LogP) is 2.82. The topological polar surface area (TPSA) is 47.7 Å². The van der Waals surface area contributed by atoms with E-state index in [9.17, 15) is 0 Å². The van der Waals surface area contributed by atoms with Gasteiger partial charge in [0.15, 0.2) is 11.5 Å². The average Bonchev–Trinajstić information content (AvgIpc) is 2.51. The lowest BCUT2D eigenvalue weighted by molar-refractivity contribution is 0.0797. The van der Waals surface area contributed by atoms with E-state index in [-0.39, 0.29) is 6.04 Å². The van der Waals surface area contributed by atoms with Crippen LogP contribution in [0.2, 0.25) is 0 Å². The van der Waals surface area contributed by atoms with Crippen LogP contribution in [0.5, 0.6) is 11.5 Å². The fourth-order valence-corrected chi connectivity index (χ4v) is 3.28. The van der Waals surface area contributed by atoms with Crippen LogP contribution in [0.15, 0.2) is 18.2 Å². The summed E-state index contributed by atoms with van der Waals surface area (Å²) in [7, 11) is 3.33. The van der Waals surface area contributed by atoms with Crippen LogP contribution >= 0.6 is 0 Å². The summed E-state index contributed by atoms with van der Waals surface area (Å²) in [6.45, 7) is 6.35. The highest BCUT2D eigenvalue weighted by molar-refractivity contribution is 5.44. The second-order valence-electron chi connectivity index (χ2n) is 6.09. The Morgan fingerprint density at radius 3 is 2.52 bits per heavy atom. The summed E-state index contributed by atoms with van der Waals surface area (Å²) in [5, 5.41) is 0. The van der Waals surface area contributed by atoms with Crippen LogP contribution in [-0.2, 0) is 0 Å². The zero-order valence-electron chi connectivity index (χ0n) is 13.6. The minimum atomic E-state index is 0.238. The Morgan fingerprint density at radius 1 is 1.19 bits per heavy atom. The molecule has 2 N–H and O–H groups in total. The van der Waals surface area contributed by atoms with Gasteiger partial charge in [0.25, 0.3) is 0 Å². The highest BCUT2D eigenvalue weighted by Gasteiger charge is 2.29. The Hall–Kier alpha value is -1.26. The molecule has 4 nitrogen and oxygen atoms in total. The van der Waals surface area contributed by atoms with Gasteiger partial charge in [-0.2, -0.15) is 0 Å². The number of nitrogens with two attached hydrogens (primary N) is 1. The van der Waals surface area contributed by atoms with E-state index < -0.39 is 0 Å². The molecule has 0 amide bonds. The SMILES string of the molecule is COc1ccc(C(CN)N2CC(C)CCC2C)cc1OC. The fraction of sp³-hybridized carbons (Fsp3) is 0.647. The molecule has 0 spiro atoms. The maximum Gasteiger partial charge on any atom is 0.161 e. The quantitative estimate of drug-likeness (QED) is 0.906. The zero-order valence-corrected chi connectivity index (χ0v) is 13.6. The molecule has 0 aliphatic carbocycles. The van der Waals surface area contributed by atoms with E-state index >= 15 is 0 Å². The predicted molar refractivity (Wildman–Crippen MR) is 85.9 cm³/mol. The molecule has 0 bridgehead atoms. The van der Waals surface area contributed by atoms with Gasteiger partial charge in [-0.1, -0.05) is 13.0 Å². The fourth-order valence-electron chi connectivity index (χ4n) is 3.28. The van der Waals surface area contributed by atoms with Crippen LogP contribution in [0.4, 0.5) is 0 Å². The van der Waals surface area contributed by atoms with Crippen molar-refractivity contribution in [1.82, 2.24) is 4.90 Å². The highest BCUT2D eigenvalue weighted by atomic mass is 16.5. The van der Waals surface area contributed by atoms with Gasteiger partial charge in [0.05, 0.1) is 14.2 Å². The number of likely N-dealkylation sites (tertiary alicyclic amines) is 1. The normalized spacial score (nSPS) is 24.6. The summed E-state index contributed by atoms with van der Waals surface area (Å²) in [6, 6.07) is 6.94. The number of hydrogen-bond acceptors (Lipinski definition) is 4. The molecule has 1 aromatic rings. The van der Waals surface area contributed by atoms with Crippen molar-refractivity contribution in [2.24, 2.45) is 11.7 Å². The molecule has 3 unspecified atom stereocenters. The molecule has 3 atom stereocenters. The number of nitrogens with zero attached hydrogens (tertiary/aromatic N) is 1. The second-order valence-corrected chi connectivity index (χ2v) is 6.09. The molecule has 1 aromatic carbocycles. The van der Waals surface area contributed by atoms with E-state index in [2.05, 4.69) is 30.9 Å². The summed E-state index contributed by atoms with van der Waals surface area (Å²) >= 11 is 0. The smallest absolute Gasteiger partial charge is 0.161 e. The lowest BCUT2D eigenvalue weighted by Gasteiger charge is -2.42. The van der Waals surface area contributed by atoms with Crippen molar-refractivity contribution >= 4 is 0 Å². The van der Waals surface area contributed by atoms with E-state index in [0.29, 0.717) is 12.6 Å². The number of methoxy groups -OCH3 is 2. The summed E-state index contributed by atoms with van der Waals surface area (Å²) in [6.07, 6.45) is 2.55. The number of piperidine rings is 1. The van der Waals surface area contributed by atoms with E-state index in [4.69, 9.17) is 15.2 Å². The Labute approximate surface area is 128 Å². The van der Waals surface area contributed by atoms with Crippen LogP contribution in [0.3, 0.4) is 0 Å². The molecule has 1 aliphatic heterocycles. The first-order valence-electron chi connectivity index (χ1n) is 7.78. The van der Waals surface area contributed by atoms with Gasteiger partial charge in [0.1, 0.15) is 0 Å². The maximum atomic E-state index is 6.09. The standard InChI is InChI=1S/C17H28N2O2/c1-12-5-6-13(2)19(11-12)15(10-18)14-7-8-16(20-3)17(9-14)21-4/h7-9,12-13,15H,5-6,10-11,18H2,1-4H3. The van der Waals surface area contributed by atoms with Gasteiger partial charge in [-0.05, 0) is 43.4 Å². The molecular weight excluding hydrogens is 264 g/mol. The second kappa shape index (κ2) is 7.14. The van der Waals surface area contributed by atoms with Gasteiger partial charge in [0.2, 0.25) is 0 Å². The Balaban J connectivity index is 2.28. The monoisotopic (exact) mass is 292 g/mol. The Kier molecular flexibility index (Phi) is 5.48. The Morgan fingerprint density at radius 2 is 1.90 bits per heavy atom. The largest absolute Gasteiger partial charge is 0.493 e. The van der Waals surface area contributed by atoms with Crippen LogP contribution < -0.4 is 15.2 Å². The molecule has 0 aromatic heterocycles. The summed E-state index contributed by atoms with van der Waals surface area (Å²) in [4.78, 5) is 2.54. The molecular formula is C17H28N2O2. The van der Waals surface area contributed by atoms with Crippen molar-refractivity contribution in [3.63, 3.8) is 0 Å². The van der Waals surface area contributed by atoms with Gasteiger partial charge < -0.3 is 15.2 Å². The molecule has 1 aliphatic rings. The van der Waals surface area contributed by atoms with Crippen LogP contribution in [0, 0.1) is 5.92 Å². The molecule has 1 fully saturated rings. The van der Waals surface area contributed by atoms with Gasteiger partial charge in [-0.15, -0.1) is 0 Å². The lowest BCUT2D eigenvalue weighted by atomic mass is 9.91. The van der Waals surface area contributed by atoms with E-state index in [1.54, 1.807) is 14.2 Å². The van der Waals surface area contributed by atoms with Gasteiger partial charge in [-0.25, -0.2) is 0 Å². The van der Waals surface area contributed by atoms with Crippen molar-refractivity contribution in [1.29, 1.82) is 0 Å². The Bertz CT molecular complexity index is 464. The first kappa shape index (κ1) is 16.1. The van der Waals surface area contributed by atoms with Crippen molar-refractivity contribution in [2.75, 3.05) is 27.3 Å². The van der Waals surface area contributed by atoms with E-state index in [0.717, 1.165) is 24.0 Å². The highest BCUT2D eigenvalue weighted by Crippen LogP contribution is 2.34. The van der Waals surface area contributed by atoms with Crippen molar-refractivity contribution < 1.29 is 9.47 Å². The molecule has 1 saturated heterocycles. The summed E-state index contributed by atoms with van der Waals surface area (Å²) < 4.78 is 10.7. The van der Waals surface area contributed by atoms with Crippen LogP contribution in [0.1, 0.15) is 38.3 Å². The minimum absolute atomic E-state index is 0.238. The van der Waals surface area contributed by atoms with Gasteiger partial charge in [0, 0.05) is 25.2 Å². The summed E-state index contributed by atoms with van der Waals surface area (Å²) in [5.74, 6) is 2.26. The first-order chi connectivity index (χ1) is 10.1. The minimum Gasteiger partial charge on any atom is -0.493 e. The molecule has 0 radical (unpaired) electrons. The first-order valence-corrected chi connectivity index (χ1v) is 7.78. The molecule has 0 saturated carbocycles. The summed E-state index contributed by atoms with van der Waals surface area (Å²) in [5.41, 5.74) is 7.30. The van der Waals surface area contributed by atoms with Gasteiger partial charge >= 0.3 is 0 Å². The lowest BCUT2D eigenvalue weighted by Crippen LogP contribution is -2.45. The third-order valence-electron chi connectivity index (χ3n) is 4.58. The molecule has 4 heteroatoms.